The van der Waals surface area contributed by atoms with E-state index in [-0.39, 0.29) is 12.3 Å². The number of anilines is 1. The molecule has 0 saturated heterocycles. The van der Waals surface area contributed by atoms with Crippen LogP contribution < -0.4 is 5.73 Å². The molecule has 5 nitrogen and oxygen atoms in total. The predicted octanol–water partition coefficient (Wildman–Crippen LogP) is 3.23. The van der Waals surface area contributed by atoms with Gasteiger partial charge in [-0.3, -0.25) is 4.68 Å². The van der Waals surface area contributed by atoms with Crippen molar-refractivity contribution in [3.63, 3.8) is 0 Å². The van der Waals surface area contributed by atoms with Crippen molar-refractivity contribution in [1.29, 1.82) is 0 Å². The van der Waals surface area contributed by atoms with Crippen LogP contribution in [0.3, 0.4) is 0 Å². The van der Waals surface area contributed by atoms with Crippen LogP contribution in [-0.4, -0.2) is 15.7 Å². The molecular weight excluding hydrogens is 313 g/mol. The number of benzene rings is 1. The molecule has 1 heterocycles. The molecule has 112 valence electrons. The van der Waals surface area contributed by atoms with E-state index in [0.29, 0.717) is 27.8 Å². The van der Waals surface area contributed by atoms with Crippen molar-refractivity contribution in [2.45, 2.75) is 20.0 Å². The van der Waals surface area contributed by atoms with Crippen molar-refractivity contribution in [1.82, 2.24) is 9.78 Å². The number of carbonyl (C=O) groups excluding carboxylic acids is 1. The first-order valence-corrected chi connectivity index (χ1v) is 7.12. The molecule has 0 aliphatic carbocycles. The number of ether oxygens (including phenoxy) is 1. The number of hydrogen-bond acceptors (Lipinski definition) is 4. The highest BCUT2D eigenvalue weighted by molar-refractivity contribution is 6.42. The van der Waals surface area contributed by atoms with Gasteiger partial charge < -0.3 is 10.5 Å². The Hall–Kier alpha value is -1.72. The van der Waals surface area contributed by atoms with Crippen LogP contribution in [-0.2, 0) is 24.8 Å². The maximum absolute atomic E-state index is 12.1. The molecule has 2 aromatic rings. The molecule has 0 spiro atoms. The topological polar surface area (TPSA) is 70.1 Å². The molecule has 0 unspecified atom stereocenters. The lowest BCUT2D eigenvalue weighted by molar-refractivity contribution is 0.0461. The fourth-order valence-electron chi connectivity index (χ4n) is 1.95. The summed E-state index contributed by atoms with van der Waals surface area (Å²) in [7, 11) is 1.66. The van der Waals surface area contributed by atoms with E-state index in [2.05, 4.69) is 5.10 Å². The zero-order chi connectivity index (χ0) is 15.6. The standard InChI is InChI=1S/C14H15Cl2N3O2/c1-3-11-12(17)13(19(2)18-11)14(20)21-7-8-4-5-9(15)10(16)6-8/h4-6H,3,7,17H2,1-2H3. The van der Waals surface area contributed by atoms with Crippen LogP contribution in [0.1, 0.15) is 28.7 Å². The Morgan fingerprint density at radius 1 is 1.38 bits per heavy atom. The number of aromatic nitrogens is 2. The average Bonchev–Trinajstić information content (AvgIpc) is 2.74. The van der Waals surface area contributed by atoms with Gasteiger partial charge >= 0.3 is 5.97 Å². The summed E-state index contributed by atoms with van der Waals surface area (Å²) in [5.41, 5.74) is 7.95. The molecule has 0 aliphatic rings. The Morgan fingerprint density at radius 3 is 2.67 bits per heavy atom. The summed E-state index contributed by atoms with van der Waals surface area (Å²) in [6, 6.07) is 5.05. The van der Waals surface area contributed by atoms with Gasteiger partial charge in [0, 0.05) is 7.05 Å². The van der Waals surface area contributed by atoms with Gasteiger partial charge in [-0.25, -0.2) is 4.79 Å². The van der Waals surface area contributed by atoms with Crippen LogP contribution in [0.15, 0.2) is 18.2 Å². The van der Waals surface area contributed by atoms with E-state index in [1.165, 1.54) is 4.68 Å². The van der Waals surface area contributed by atoms with Crippen LogP contribution in [0, 0.1) is 0 Å². The van der Waals surface area contributed by atoms with Crippen LogP contribution in [0.2, 0.25) is 10.0 Å². The number of rotatable bonds is 4. The third-order valence-electron chi connectivity index (χ3n) is 3.04. The molecule has 21 heavy (non-hydrogen) atoms. The maximum Gasteiger partial charge on any atom is 0.359 e. The fraction of sp³-hybridized carbons (Fsp3) is 0.286. The molecule has 0 aliphatic heterocycles. The number of esters is 1. The monoisotopic (exact) mass is 327 g/mol. The summed E-state index contributed by atoms with van der Waals surface area (Å²) in [5.74, 6) is -0.520. The molecule has 0 saturated carbocycles. The zero-order valence-corrected chi connectivity index (χ0v) is 13.2. The molecule has 0 fully saturated rings. The van der Waals surface area contributed by atoms with Crippen molar-refractivity contribution in [3.05, 3.63) is 45.2 Å². The summed E-state index contributed by atoms with van der Waals surface area (Å²) in [6.45, 7) is 2.01. The Morgan fingerprint density at radius 2 is 2.10 bits per heavy atom. The summed E-state index contributed by atoms with van der Waals surface area (Å²) in [6.07, 6.45) is 0.653. The van der Waals surface area contributed by atoms with Gasteiger partial charge in [-0.2, -0.15) is 5.10 Å². The van der Waals surface area contributed by atoms with Crippen molar-refractivity contribution in [2.24, 2.45) is 7.05 Å². The number of nitrogens with zero attached hydrogens (tertiary/aromatic N) is 2. The molecule has 0 bridgehead atoms. The van der Waals surface area contributed by atoms with Crippen LogP contribution >= 0.6 is 23.2 Å². The minimum Gasteiger partial charge on any atom is -0.456 e. The highest BCUT2D eigenvalue weighted by Crippen LogP contribution is 2.23. The quantitative estimate of drug-likeness (QED) is 0.875. The van der Waals surface area contributed by atoms with Crippen LogP contribution in [0.25, 0.3) is 0 Å². The van der Waals surface area contributed by atoms with E-state index in [1.807, 2.05) is 6.92 Å². The molecule has 1 aromatic carbocycles. The minimum absolute atomic E-state index is 0.0851. The summed E-state index contributed by atoms with van der Waals surface area (Å²) in [4.78, 5) is 12.1. The lowest BCUT2D eigenvalue weighted by atomic mass is 10.2. The lowest BCUT2D eigenvalue weighted by Gasteiger charge is -2.07. The number of hydrogen-bond donors (Lipinski definition) is 1. The molecule has 2 rings (SSSR count). The van der Waals surface area contributed by atoms with Crippen molar-refractivity contribution in [2.75, 3.05) is 5.73 Å². The molecule has 1 aromatic heterocycles. The Kier molecular flexibility index (Phi) is 4.75. The Labute approximate surface area is 132 Å². The van der Waals surface area contributed by atoms with Gasteiger partial charge in [-0.1, -0.05) is 36.2 Å². The maximum atomic E-state index is 12.1. The van der Waals surface area contributed by atoms with Crippen molar-refractivity contribution < 1.29 is 9.53 Å². The normalized spacial score (nSPS) is 10.7. The Balaban J connectivity index is 2.11. The van der Waals surface area contributed by atoms with Gasteiger partial charge in [0.25, 0.3) is 0 Å². The third kappa shape index (κ3) is 3.31. The largest absolute Gasteiger partial charge is 0.456 e. The molecule has 0 radical (unpaired) electrons. The van der Waals surface area contributed by atoms with Crippen LogP contribution in [0.4, 0.5) is 5.69 Å². The van der Waals surface area contributed by atoms with E-state index in [0.717, 1.165) is 5.56 Å². The first kappa shape index (κ1) is 15.7. The summed E-state index contributed by atoms with van der Waals surface area (Å²) >= 11 is 11.7. The molecule has 0 atom stereocenters. The fourth-order valence-corrected chi connectivity index (χ4v) is 2.27. The van der Waals surface area contributed by atoms with E-state index in [1.54, 1.807) is 25.2 Å². The van der Waals surface area contributed by atoms with Crippen molar-refractivity contribution >= 4 is 34.9 Å². The zero-order valence-electron chi connectivity index (χ0n) is 11.7. The third-order valence-corrected chi connectivity index (χ3v) is 3.78. The number of carbonyl (C=O) groups is 1. The summed E-state index contributed by atoms with van der Waals surface area (Å²) < 4.78 is 6.68. The van der Waals surface area contributed by atoms with E-state index >= 15 is 0 Å². The molecular formula is C14H15Cl2N3O2. The van der Waals surface area contributed by atoms with Gasteiger partial charge in [-0.05, 0) is 24.1 Å². The number of nitrogen functional groups attached to an aromatic ring is 1. The van der Waals surface area contributed by atoms with Crippen molar-refractivity contribution in [3.8, 4) is 0 Å². The van der Waals surface area contributed by atoms with Gasteiger partial charge in [-0.15, -0.1) is 0 Å². The number of nitrogens with two attached hydrogens (primary N) is 1. The molecule has 2 N–H and O–H groups in total. The smallest absolute Gasteiger partial charge is 0.359 e. The Bertz CT molecular complexity index is 683. The van der Waals surface area contributed by atoms with Crippen LogP contribution in [0.5, 0.6) is 0 Å². The first-order valence-electron chi connectivity index (χ1n) is 6.36. The highest BCUT2D eigenvalue weighted by Gasteiger charge is 2.20. The van der Waals surface area contributed by atoms with E-state index in [9.17, 15) is 4.79 Å². The second-order valence-electron chi connectivity index (χ2n) is 4.51. The summed E-state index contributed by atoms with van der Waals surface area (Å²) in [5, 5.41) is 5.05. The van der Waals surface area contributed by atoms with Gasteiger partial charge in [0.1, 0.15) is 6.61 Å². The second-order valence-corrected chi connectivity index (χ2v) is 5.33. The van der Waals surface area contributed by atoms with E-state index < -0.39 is 5.97 Å². The minimum atomic E-state index is -0.520. The van der Waals surface area contributed by atoms with Gasteiger partial charge in [0.05, 0.1) is 21.4 Å². The first-order chi connectivity index (χ1) is 9.93. The molecule has 0 amide bonds. The predicted molar refractivity (Wildman–Crippen MR) is 82.6 cm³/mol. The molecule has 7 heteroatoms. The van der Waals surface area contributed by atoms with Gasteiger partial charge in [0.15, 0.2) is 5.69 Å². The SMILES string of the molecule is CCc1nn(C)c(C(=O)OCc2ccc(Cl)c(Cl)c2)c1N. The average molecular weight is 328 g/mol. The van der Waals surface area contributed by atoms with E-state index in [4.69, 9.17) is 33.7 Å². The van der Waals surface area contributed by atoms with Gasteiger partial charge in [0.2, 0.25) is 0 Å². The number of halogens is 2. The number of aryl methyl sites for hydroxylation is 2. The lowest BCUT2D eigenvalue weighted by Crippen LogP contribution is -2.12. The second kappa shape index (κ2) is 6.37. The highest BCUT2D eigenvalue weighted by atomic mass is 35.5.